The molecule has 104 valence electrons. The molecule has 2 nitrogen and oxygen atoms in total. The summed E-state index contributed by atoms with van der Waals surface area (Å²) in [5.41, 5.74) is 1.99. The van der Waals surface area contributed by atoms with Crippen LogP contribution in [0.2, 0.25) is 0 Å². The first-order valence-corrected chi connectivity index (χ1v) is 8.10. The van der Waals surface area contributed by atoms with Crippen molar-refractivity contribution in [3.8, 4) is 0 Å². The Balaban J connectivity index is 1.77. The van der Waals surface area contributed by atoms with Crippen molar-refractivity contribution in [2.24, 2.45) is 10.2 Å². The van der Waals surface area contributed by atoms with E-state index < -0.39 is 0 Å². The molecule has 0 saturated heterocycles. The normalized spacial score (nSPS) is 11.3. The molecule has 0 heterocycles. The van der Waals surface area contributed by atoms with Crippen LogP contribution in [0.5, 0.6) is 0 Å². The third-order valence-electron chi connectivity index (χ3n) is 3.10. The molecular formula is C17H12Br2N2. The highest BCUT2D eigenvalue weighted by molar-refractivity contribution is 9.11. The van der Waals surface area contributed by atoms with E-state index in [4.69, 9.17) is 0 Å². The Hall–Kier alpha value is -1.52. The van der Waals surface area contributed by atoms with Crippen molar-refractivity contribution in [3.05, 3.63) is 75.2 Å². The van der Waals surface area contributed by atoms with E-state index in [0.29, 0.717) is 6.54 Å². The molecule has 21 heavy (non-hydrogen) atoms. The Labute approximate surface area is 140 Å². The second-order valence-corrected chi connectivity index (χ2v) is 6.54. The zero-order valence-electron chi connectivity index (χ0n) is 11.1. The van der Waals surface area contributed by atoms with Gasteiger partial charge in [0.15, 0.2) is 0 Å². The summed E-state index contributed by atoms with van der Waals surface area (Å²) in [7, 11) is 0. The van der Waals surface area contributed by atoms with E-state index >= 15 is 0 Å². The van der Waals surface area contributed by atoms with Crippen molar-refractivity contribution in [3.63, 3.8) is 0 Å². The average molecular weight is 404 g/mol. The van der Waals surface area contributed by atoms with Gasteiger partial charge in [-0.15, -0.1) is 0 Å². The highest BCUT2D eigenvalue weighted by Gasteiger charge is 1.97. The van der Waals surface area contributed by atoms with Crippen LogP contribution in [0.3, 0.4) is 0 Å². The number of nitrogens with zero attached hydrogens (tertiary/aromatic N) is 2. The predicted molar refractivity (Wildman–Crippen MR) is 94.0 cm³/mol. The first-order valence-electron chi connectivity index (χ1n) is 6.52. The fourth-order valence-electron chi connectivity index (χ4n) is 2.13. The molecule has 0 unspecified atom stereocenters. The topological polar surface area (TPSA) is 24.7 Å². The monoisotopic (exact) mass is 402 g/mol. The zero-order valence-corrected chi connectivity index (χ0v) is 14.3. The highest BCUT2D eigenvalue weighted by Crippen LogP contribution is 2.25. The van der Waals surface area contributed by atoms with E-state index in [1.54, 1.807) is 0 Å². The molecule has 0 aromatic heterocycles. The maximum atomic E-state index is 4.28. The maximum Gasteiger partial charge on any atom is 0.0875 e. The fourth-order valence-corrected chi connectivity index (χ4v) is 3.40. The minimum absolute atomic E-state index is 0.578. The molecule has 0 radical (unpaired) electrons. The summed E-state index contributed by atoms with van der Waals surface area (Å²) < 4.78 is 1.97. The molecule has 3 aromatic rings. The number of rotatable bonds is 3. The van der Waals surface area contributed by atoms with Gasteiger partial charge in [0.1, 0.15) is 0 Å². The molecule has 0 atom stereocenters. The van der Waals surface area contributed by atoms with Gasteiger partial charge in [0.05, 0.1) is 12.2 Å². The van der Waals surface area contributed by atoms with Gasteiger partial charge in [0.25, 0.3) is 0 Å². The molecular weight excluding hydrogens is 392 g/mol. The van der Waals surface area contributed by atoms with Gasteiger partial charge in [-0.05, 0) is 40.6 Å². The van der Waals surface area contributed by atoms with Crippen LogP contribution < -0.4 is 0 Å². The molecule has 0 amide bonds. The molecule has 0 saturated carbocycles. The second-order valence-electron chi connectivity index (χ2n) is 4.71. The fraction of sp³-hybridized carbons (Fsp3) is 0.0588. The van der Waals surface area contributed by atoms with Crippen LogP contribution in [0.15, 0.2) is 79.8 Å². The average Bonchev–Trinajstić information content (AvgIpc) is 2.46. The largest absolute Gasteiger partial charge is 0.184 e. The number of azo groups is 1. The number of hydrogen-bond acceptors (Lipinski definition) is 2. The summed E-state index contributed by atoms with van der Waals surface area (Å²) in [6.07, 6.45) is 0. The Morgan fingerprint density at radius 1 is 0.762 bits per heavy atom. The minimum Gasteiger partial charge on any atom is -0.184 e. The minimum atomic E-state index is 0.578. The van der Waals surface area contributed by atoms with Crippen LogP contribution in [-0.2, 0) is 6.54 Å². The van der Waals surface area contributed by atoms with Crippen molar-refractivity contribution < 1.29 is 0 Å². The zero-order chi connectivity index (χ0) is 14.7. The van der Waals surface area contributed by atoms with Crippen molar-refractivity contribution in [2.75, 3.05) is 0 Å². The molecule has 0 N–H and O–H groups in total. The summed E-state index contributed by atoms with van der Waals surface area (Å²) in [6, 6.07) is 20.5. The molecule has 0 bridgehead atoms. The van der Waals surface area contributed by atoms with Gasteiger partial charge < -0.3 is 0 Å². The number of halogens is 2. The predicted octanol–water partition coefficient (Wildman–Crippen LogP) is 6.65. The summed E-state index contributed by atoms with van der Waals surface area (Å²) in [5.74, 6) is 0. The SMILES string of the molecule is Brc1cc(Br)cc(N=NCc2ccc3ccccc3c2)c1. The van der Waals surface area contributed by atoms with Crippen LogP contribution in [0.25, 0.3) is 10.8 Å². The van der Waals surface area contributed by atoms with Crippen molar-refractivity contribution in [1.29, 1.82) is 0 Å². The van der Waals surface area contributed by atoms with Crippen LogP contribution >= 0.6 is 31.9 Å². The first kappa shape index (κ1) is 14.4. The molecule has 3 rings (SSSR count). The van der Waals surface area contributed by atoms with E-state index in [0.717, 1.165) is 20.2 Å². The Bertz CT molecular complexity index is 792. The van der Waals surface area contributed by atoms with Gasteiger partial charge >= 0.3 is 0 Å². The van der Waals surface area contributed by atoms with Gasteiger partial charge in [-0.1, -0.05) is 68.3 Å². The number of benzene rings is 3. The summed E-state index contributed by atoms with van der Waals surface area (Å²) in [4.78, 5) is 0. The highest BCUT2D eigenvalue weighted by atomic mass is 79.9. The molecule has 0 aliphatic heterocycles. The van der Waals surface area contributed by atoms with Crippen LogP contribution in [-0.4, -0.2) is 0 Å². The first-order chi connectivity index (χ1) is 10.2. The van der Waals surface area contributed by atoms with E-state index in [-0.39, 0.29) is 0 Å². The molecule has 3 aromatic carbocycles. The van der Waals surface area contributed by atoms with E-state index in [2.05, 4.69) is 72.4 Å². The molecule has 0 aliphatic rings. The number of fused-ring (bicyclic) bond motifs is 1. The maximum absolute atomic E-state index is 4.28. The van der Waals surface area contributed by atoms with E-state index in [1.807, 2.05) is 30.3 Å². The Morgan fingerprint density at radius 3 is 2.24 bits per heavy atom. The molecule has 0 fully saturated rings. The summed E-state index contributed by atoms with van der Waals surface area (Å²) >= 11 is 6.89. The Kier molecular flexibility index (Phi) is 4.46. The number of hydrogen-bond donors (Lipinski definition) is 0. The Morgan fingerprint density at radius 2 is 1.48 bits per heavy atom. The standard InChI is InChI=1S/C17H12Br2N2/c18-15-8-16(19)10-17(9-15)21-20-11-12-5-6-13-3-1-2-4-14(13)7-12/h1-10H,11H2. The third-order valence-corrected chi connectivity index (χ3v) is 4.02. The van der Waals surface area contributed by atoms with E-state index in [9.17, 15) is 0 Å². The molecule has 4 heteroatoms. The summed E-state index contributed by atoms with van der Waals surface area (Å²) in [5, 5.41) is 11.0. The van der Waals surface area contributed by atoms with Gasteiger partial charge in [0, 0.05) is 8.95 Å². The quantitative estimate of drug-likeness (QED) is 0.437. The lowest BCUT2D eigenvalue weighted by molar-refractivity contribution is 0.961. The van der Waals surface area contributed by atoms with Crippen LogP contribution in [0, 0.1) is 0 Å². The van der Waals surface area contributed by atoms with Crippen molar-refractivity contribution >= 4 is 48.3 Å². The van der Waals surface area contributed by atoms with Gasteiger partial charge in [-0.2, -0.15) is 10.2 Å². The smallest absolute Gasteiger partial charge is 0.0875 e. The third kappa shape index (κ3) is 3.77. The van der Waals surface area contributed by atoms with Gasteiger partial charge in [-0.25, -0.2) is 0 Å². The van der Waals surface area contributed by atoms with Gasteiger partial charge in [-0.3, -0.25) is 0 Å². The van der Waals surface area contributed by atoms with Gasteiger partial charge in [0.2, 0.25) is 0 Å². The lowest BCUT2D eigenvalue weighted by atomic mass is 10.1. The van der Waals surface area contributed by atoms with Crippen LogP contribution in [0.1, 0.15) is 5.56 Å². The second kappa shape index (κ2) is 6.50. The van der Waals surface area contributed by atoms with Crippen LogP contribution in [0.4, 0.5) is 5.69 Å². The molecule has 0 spiro atoms. The lowest BCUT2D eigenvalue weighted by Crippen LogP contribution is -1.81. The van der Waals surface area contributed by atoms with Crippen molar-refractivity contribution in [1.82, 2.24) is 0 Å². The van der Waals surface area contributed by atoms with Crippen molar-refractivity contribution in [2.45, 2.75) is 6.54 Å². The molecule has 0 aliphatic carbocycles. The summed E-state index contributed by atoms with van der Waals surface area (Å²) in [6.45, 7) is 0.578. The van der Waals surface area contributed by atoms with E-state index in [1.165, 1.54) is 10.8 Å². The lowest BCUT2D eigenvalue weighted by Gasteiger charge is -2.00.